The molecule has 0 radical (unpaired) electrons. The number of carbonyl (C=O) groups excluding carboxylic acids is 5. The van der Waals surface area contributed by atoms with Gasteiger partial charge in [0.15, 0.2) is 5.69 Å². The fraction of sp³-hybridized carbons (Fsp3) is 0.559. The molecule has 2 aliphatic heterocycles. The number of amides is 5. The van der Waals surface area contributed by atoms with E-state index >= 15 is 0 Å². The molecule has 5 N–H and O–H groups in total. The molecule has 0 spiro atoms. The molecule has 448 valence electrons. The number of nitrogens with one attached hydrogen (secondary N) is 4. The maximum absolute atomic E-state index is 14.5. The van der Waals surface area contributed by atoms with E-state index in [2.05, 4.69) is 36.2 Å². The monoisotopic (exact) mass is 1170 g/mol. The number of aromatic nitrogens is 5. The minimum atomic E-state index is -2.76. The minimum Gasteiger partial charge on any atom is -0.391 e. The van der Waals surface area contributed by atoms with Gasteiger partial charge in [-0.15, -0.1) is 11.3 Å². The van der Waals surface area contributed by atoms with Crippen molar-refractivity contribution in [2.75, 3.05) is 91.0 Å². The lowest BCUT2D eigenvalue weighted by molar-refractivity contribution is -0.144. The maximum atomic E-state index is 14.5. The van der Waals surface area contributed by atoms with Crippen LogP contribution in [0.1, 0.15) is 91.6 Å². The molecule has 3 aromatic heterocycles. The quantitative estimate of drug-likeness (QED) is 0.0377. The Kier molecular flexibility index (Phi) is 19.9. The molecule has 2 aliphatic carbocycles. The second-order valence-corrected chi connectivity index (χ2v) is 23.9. The third-order valence-corrected chi connectivity index (χ3v) is 17.1. The number of aliphatic hydroxyl groups excluding tert-OH is 1. The third-order valence-electron chi connectivity index (χ3n) is 16.1. The molecular formula is C59H76F2N10O11S. The minimum absolute atomic E-state index is 0.00721. The average molecular weight is 1170 g/mol. The summed E-state index contributed by atoms with van der Waals surface area (Å²) in [5.41, 5.74) is 5.59. The number of β-amino-alcohol motifs (C(OH)–C–C–N with tert-alkyl or cyclic N) is 1. The highest BCUT2D eigenvalue weighted by Gasteiger charge is 2.78. The molecule has 4 aliphatic rings. The fourth-order valence-electron chi connectivity index (χ4n) is 11.2. The summed E-state index contributed by atoms with van der Waals surface area (Å²) in [5.74, 6) is -5.21. The van der Waals surface area contributed by atoms with Gasteiger partial charge in [0, 0.05) is 80.1 Å². The van der Waals surface area contributed by atoms with E-state index in [0.717, 1.165) is 27.3 Å². The van der Waals surface area contributed by atoms with Crippen molar-refractivity contribution in [2.45, 2.75) is 103 Å². The second kappa shape index (κ2) is 27.0. The van der Waals surface area contributed by atoms with Gasteiger partial charge in [-0.3, -0.25) is 33.8 Å². The molecular weight excluding hydrogens is 1090 g/mol. The Morgan fingerprint density at radius 3 is 2.13 bits per heavy atom. The number of ether oxygens (including phenoxy) is 5. The van der Waals surface area contributed by atoms with Gasteiger partial charge in [0.1, 0.15) is 12.1 Å². The molecule has 1 saturated carbocycles. The molecule has 9 rings (SSSR count). The van der Waals surface area contributed by atoms with Crippen LogP contribution < -0.4 is 16.0 Å². The molecule has 2 aromatic carbocycles. The first-order valence-corrected chi connectivity index (χ1v) is 29.3. The molecule has 5 heterocycles. The molecule has 0 unspecified atom stereocenters. The van der Waals surface area contributed by atoms with Crippen LogP contribution in [0, 0.1) is 29.6 Å². The third kappa shape index (κ3) is 14.7. The number of rotatable bonds is 29. The SMILES string of the molecule is Cc1ncsc1-c1ccc(CNC(=O)[C@@H]2C[C@@H](O)CN2C(=O)[C@@H](NC(=O)CCOCCOCCOCCOCCOCCC(=O)N2CC([C@@H](c3ccccc3)n3cc(NC(=O)c4n[nH]c5c4C[C@@H]4C(F)(F)[C@]4(C)C5)cn3)C2)C(C)(C)C)cc1. The number of alkyl halides is 2. The smallest absolute Gasteiger partial charge is 0.276 e. The van der Waals surface area contributed by atoms with E-state index in [1.165, 1.54) is 4.90 Å². The molecule has 5 aromatic rings. The van der Waals surface area contributed by atoms with Crippen LogP contribution in [0.15, 0.2) is 72.5 Å². The van der Waals surface area contributed by atoms with Gasteiger partial charge in [-0.2, -0.15) is 10.2 Å². The Morgan fingerprint density at radius 2 is 1.51 bits per heavy atom. The molecule has 2 saturated heterocycles. The summed E-state index contributed by atoms with van der Waals surface area (Å²) in [6.07, 6.45) is 2.99. The van der Waals surface area contributed by atoms with Crippen molar-refractivity contribution in [1.29, 1.82) is 0 Å². The Hall–Kier alpha value is -6.54. The summed E-state index contributed by atoms with van der Waals surface area (Å²) < 4.78 is 58.8. The van der Waals surface area contributed by atoms with Crippen molar-refractivity contribution in [2.24, 2.45) is 22.7 Å². The number of aryl methyl sites for hydroxylation is 1. The number of fused-ring (bicyclic) bond motifs is 2. The van der Waals surface area contributed by atoms with Gasteiger partial charge < -0.3 is 54.5 Å². The van der Waals surface area contributed by atoms with Crippen LogP contribution in [0.3, 0.4) is 0 Å². The van der Waals surface area contributed by atoms with E-state index in [1.54, 1.807) is 45.7 Å². The summed E-state index contributed by atoms with van der Waals surface area (Å²) in [4.78, 5) is 75.5. The lowest BCUT2D eigenvalue weighted by Gasteiger charge is -2.43. The van der Waals surface area contributed by atoms with Crippen molar-refractivity contribution >= 4 is 46.6 Å². The van der Waals surface area contributed by atoms with Gasteiger partial charge in [-0.25, -0.2) is 13.8 Å². The summed E-state index contributed by atoms with van der Waals surface area (Å²) in [6.45, 7) is 13.3. The van der Waals surface area contributed by atoms with Crippen LogP contribution >= 0.6 is 11.3 Å². The van der Waals surface area contributed by atoms with Crippen molar-refractivity contribution < 1.29 is 61.5 Å². The highest BCUT2D eigenvalue weighted by Crippen LogP contribution is 2.70. The average Bonchev–Trinajstić information content (AvgIpc) is 2.48. The lowest BCUT2D eigenvalue weighted by atomic mass is 9.85. The van der Waals surface area contributed by atoms with Crippen molar-refractivity contribution in [3.63, 3.8) is 0 Å². The van der Waals surface area contributed by atoms with Crippen LogP contribution in [0.2, 0.25) is 0 Å². The summed E-state index contributed by atoms with van der Waals surface area (Å²) >= 11 is 1.57. The number of aromatic amines is 1. The van der Waals surface area contributed by atoms with Crippen LogP contribution in [-0.2, 0) is 62.2 Å². The number of benzene rings is 2. The first-order chi connectivity index (χ1) is 39.8. The van der Waals surface area contributed by atoms with Crippen LogP contribution in [-0.4, -0.2) is 179 Å². The predicted octanol–water partition coefficient (Wildman–Crippen LogP) is 5.38. The van der Waals surface area contributed by atoms with Crippen molar-refractivity contribution in [3.8, 4) is 10.4 Å². The van der Waals surface area contributed by atoms with E-state index in [1.807, 2.05) is 82.3 Å². The molecule has 0 bridgehead atoms. The number of halogens is 2. The van der Waals surface area contributed by atoms with Crippen LogP contribution in [0.4, 0.5) is 14.5 Å². The Bertz CT molecular complexity index is 3020. The molecule has 6 atom stereocenters. The second-order valence-electron chi connectivity index (χ2n) is 23.1. The van der Waals surface area contributed by atoms with E-state index in [9.17, 15) is 37.9 Å². The van der Waals surface area contributed by atoms with Crippen LogP contribution in [0.5, 0.6) is 0 Å². The largest absolute Gasteiger partial charge is 0.391 e. The lowest BCUT2D eigenvalue weighted by Crippen LogP contribution is -2.57. The zero-order valence-corrected chi connectivity index (χ0v) is 48.5. The zero-order valence-electron chi connectivity index (χ0n) is 47.7. The number of nitrogens with zero attached hydrogens (tertiary/aromatic N) is 6. The first kappa shape index (κ1) is 61.0. The van der Waals surface area contributed by atoms with Gasteiger partial charge in [0.25, 0.3) is 11.8 Å². The number of carbonyl (C=O) groups is 5. The van der Waals surface area contributed by atoms with Gasteiger partial charge in [0.2, 0.25) is 23.6 Å². The summed E-state index contributed by atoms with van der Waals surface area (Å²) in [6, 6.07) is 15.6. The standard InChI is InChI=1S/C59H76F2N10O11S/c1-37-52(83-36-63-37)40-13-11-38(12-14-40)30-62-54(75)46-27-43(72)35-70(46)56(77)53(57(2,3)4)66-48(73)15-17-78-19-21-80-23-25-82-26-24-81-22-20-79-18-16-49(74)69-32-41(33-69)51(39-9-7-6-8-10-39)71-34-42(31-64-71)65-55(76)50-44-28-47-58(5,59(47,60)61)29-45(44)67-68-50/h6-14,31,34,36,41,43,46-47,51,53,72H,15-30,32-33,35H2,1-5H3,(H,62,75)(H,65,76)(H,66,73)(H,67,68)/t43-,46+,47+,51-,53-,58-/m1/s1. The summed E-state index contributed by atoms with van der Waals surface area (Å²) in [7, 11) is 0. The maximum Gasteiger partial charge on any atom is 0.276 e. The van der Waals surface area contributed by atoms with Gasteiger partial charge in [-0.1, -0.05) is 82.3 Å². The highest BCUT2D eigenvalue weighted by molar-refractivity contribution is 7.13. The molecule has 21 nitrogen and oxygen atoms in total. The summed E-state index contributed by atoms with van der Waals surface area (Å²) in [5, 5.41) is 30.8. The highest BCUT2D eigenvalue weighted by atomic mass is 32.1. The number of thiazole rings is 1. The number of hydrogen-bond acceptors (Lipinski definition) is 15. The Labute approximate surface area is 485 Å². The Balaban J connectivity index is 0.582. The van der Waals surface area contributed by atoms with Crippen molar-refractivity contribution in [1.82, 2.24) is 45.4 Å². The number of H-pyrrole nitrogens is 1. The number of likely N-dealkylation sites (tertiary alicyclic amines) is 2. The molecule has 83 heavy (non-hydrogen) atoms. The number of aliphatic hydroxyl groups is 1. The van der Waals surface area contributed by atoms with Gasteiger partial charge in [-0.05, 0) is 35.4 Å². The molecule has 5 amide bonds. The topological polar surface area (TPSA) is 254 Å². The fourth-order valence-corrected chi connectivity index (χ4v) is 12.0. The predicted molar refractivity (Wildman–Crippen MR) is 302 cm³/mol. The Morgan fingerprint density at radius 1 is 0.867 bits per heavy atom. The van der Waals surface area contributed by atoms with Crippen LogP contribution in [0.25, 0.3) is 10.4 Å². The first-order valence-electron chi connectivity index (χ1n) is 28.4. The number of anilines is 1. The van der Waals surface area contributed by atoms with Gasteiger partial charge in [0.05, 0.1) is 113 Å². The number of hydrogen-bond donors (Lipinski definition) is 5. The van der Waals surface area contributed by atoms with Crippen molar-refractivity contribution in [3.05, 3.63) is 106 Å². The van der Waals surface area contributed by atoms with E-state index in [-0.39, 0.29) is 107 Å². The molecule has 24 heteroatoms. The van der Waals surface area contributed by atoms with E-state index in [0.29, 0.717) is 69.7 Å². The van der Waals surface area contributed by atoms with E-state index < -0.39 is 52.7 Å². The zero-order chi connectivity index (χ0) is 58.9. The van der Waals surface area contributed by atoms with E-state index in [4.69, 9.17) is 23.7 Å². The molecule has 3 fully saturated rings. The van der Waals surface area contributed by atoms with Gasteiger partial charge >= 0.3 is 0 Å². The normalized spacial score (nSPS) is 20.7.